The Hall–Kier alpha value is -1.29. The molecule has 0 unspecified atom stereocenters. The zero-order valence-electron chi connectivity index (χ0n) is 9.57. The Balaban J connectivity index is 2.29. The van der Waals surface area contributed by atoms with Crippen LogP contribution >= 0.6 is 23.2 Å². The van der Waals surface area contributed by atoms with E-state index in [4.69, 9.17) is 32.4 Å². The minimum absolute atomic E-state index is 0.228. The van der Waals surface area contributed by atoms with Gasteiger partial charge in [-0.3, -0.25) is 4.79 Å². The van der Waals surface area contributed by atoms with Gasteiger partial charge in [-0.15, -0.1) is 0 Å². The number of halogens is 2. The summed E-state index contributed by atoms with van der Waals surface area (Å²) in [5.74, 6) is 0.538. The Kier molecular flexibility index (Phi) is 4.07. The van der Waals surface area contributed by atoms with Gasteiger partial charge in [0.15, 0.2) is 5.76 Å². The fraction of sp³-hybridized carbons (Fsp3) is 0.154. The molecule has 0 aliphatic heterocycles. The summed E-state index contributed by atoms with van der Waals surface area (Å²) in [5, 5.41) is 0.785. The van der Waals surface area contributed by atoms with Crippen LogP contribution in [0.3, 0.4) is 0 Å². The molecule has 0 bridgehead atoms. The second kappa shape index (κ2) is 5.57. The van der Waals surface area contributed by atoms with Crippen molar-refractivity contribution in [2.75, 3.05) is 7.11 Å². The average molecular weight is 285 g/mol. The van der Waals surface area contributed by atoms with Crippen LogP contribution in [0.1, 0.15) is 21.9 Å². The molecule has 0 fully saturated rings. The average Bonchev–Trinajstić information content (AvgIpc) is 2.77. The van der Waals surface area contributed by atoms with E-state index in [-0.39, 0.29) is 11.5 Å². The van der Waals surface area contributed by atoms with Crippen LogP contribution in [0, 0.1) is 0 Å². The van der Waals surface area contributed by atoms with E-state index < -0.39 is 0 Å². The summed E-state index contributed by atoms with van der Waals surface area (Å²) in [5.41, 5.74) is 0.361. The highest BCUT2D eigenvalue weighted by molar-refractivity contribution is 6.37. The number of furan rings is 1. The maximum Gasteiger partial charge on any atom is 0.229 e. The van der Waals surface area contributed by atoms with Crippen LogP contribution in [0.4, 0.5) is 0 Å². The van der Waals surface area contributed by atoms with E-state index in [1.807, 2.05) is 0 Å². The van der Waals surface area contributed by atoms with Crippen LogP contribution in [0.2, 0.25) is 10.0 Å². The molecule has 0 aliphatic rings. The third-order valence-electron chi connectivity index (χ3n) is 2.35. The molecule has 94 valence electrons. The number of ketones is 1. The number of hydrogen-bond donors (Lipinski definition) is 0. The molecule has 0 amide bonds. The molecule has 0 saturated heterocycles. The standard InChI is InChI=1S/C13H10Cl2O3/c1-17-7-9-3-5-12(18-9)13(16)10-4-2-8(14)6-11(10)15/h2-6H,7H2,1H3. The normalized spacial score (nSPS) is 10.6. The summed E-state index contributed by atoms with van der Waals surface area (Å²) in [6.07, 6.45) is 0. The van der Waals surface area contributed by atoms with Crippen molar-refractivity contribution in [1.29, 1.82) is 0 Å². The monoisotopic (exact) mass is 284 g/mol. The van der Waals surface area contributed by atoms with Crippen molar-refractivity contribution in [2.24, 2.45) is 0 Å². The quantitative estimate of drug-likeness (QED) is 0.798. The van der Waals surface area contributed by atoms with Gasteiger partial charge < -0.3 is 9.15 Å². The van der Waals surface area contributed by atoms with Crippen molar-refractivity contribution < 1.29 is 13.9 Å². The minimum Gasteiger partial charge on any atom is -0.455 e. The molecule has 1 aromatic heterocycles. The Labute approximate surface area is 114 Å². The van der Waals surface area contributed by atoms with Crippen molar-refractivity contribution in [2.45, 2.75) is 6.61 Å². The lowest BCUT2D eigenvalue weighted by molar-refractivity contribution is 0.1000. The lowest BCUT2D eigenvalue weighted by Crippen LogP contribution is -2.00. The van der Waals surface area contributed by atoms with E-state index >= 15 is 0 Å². The molecule has 0 atom stereocenters. The Bertz CT molecular complexity index is 575. The highest BCUT2D eigenvalue weighted by Crippen LogP contribution is 2.24. The lowest BCUT2D eigenvalue weighted by Gasteiger charge is -2.01. The van der Waals surface area contributed by atoms with Gasteiger partial charge in [0.05, 0.1) is 5.02 Å². The topological polar surface area (TPSA) is 39.4 Å². The van der Waals surface area contributed by atoms with Crippen LogP contribution in [0.15, 0.2) is 34.7 Å². The fourth-order valence-electron chi connectivity index (χ4n) is 1.53. The largest absolute Gasteiger partial charge is 0.455 e. The van der Waals surface area contributed by atoms with Crippen molar-refractivity contribution >= 4 is 29.0 Å². The van der Waals surface area contributed by atoms with E-state index in [0.29, 0.717) is 28.0 Å². The smallest absolute Gasteiger partial charge is 0.229 e. The number of carbonyl (C=O) groups is 1. The first-order chi connectivity index (χ1) is 8.61. The van der Waals surface area contributed by atoms with Crippen LogP contribution in [-0.2, 0) is 11.3 Å². The van der Waals surface area contributed by atoms with Crippen LogP contribution in [0.5, 0.6) is 0 Å². The first-order valence-electron chi connectivity index (χ1n) is 5.19. The molecular weight excluding hydrogens is 275 g/mol. The van der Waals surface area contributed by atoms with Crippen LogP contribution < -0.4 is 0 Å². The van der Waals surface area contributed by atoms with E-state index in [1.165, 1.54) is 6.07 Å². The van der Waals surface area contributed by atoms with E-state index in [0.717, 1.165) is 0 Å². The molecule has 1 heterocycles. The van der Waals surface area contributed by atoms with Gasteiger partial charge in [0.1, 0.15) is 12.4 Å². The molecule has 18 heavy (non-hydrogen) atoms. The highest BCUT2D eigenvalue weighted by atomic mass is 35.5. The molecule has 1 aromatic carbocycles. The molecule has 0 radical (unpaired) electrons. The van der Waals surface area contributed by atoms with Crippen molar-refractivity contribution in [3.05, 3.63) is 57.5 Å². The van der Waals surface area contributed by atoms with Crippen molar-refractivity contribution in [1.82, 2.24) is 0 Å². The third-order valence-corrected chi connectivity index (χ3v) is 2.90. The van der Waals surface area contributed by atoms with Gasteiger partial charge in [-0.05, 0) is 30.3 Å². The highest BCUT2D eigenvalue weighted by Gasteiger charge is 2.16. The Morgan fingerprint density at radius 2 is 2.06 bits per heavy atom. The second-order valence-corrected chi connectivity index (χ2v) is 4.50. The van der Waals surface area contributed by atoms with Crippen LogP contribution in [-0.4, -0.2) is 12.9 Å². The van der Waals surface area contributed by atoms with Gasteiger partial charge in [-0.1, -0.05) is 23.2 Å². The first kappa shape index (κ1) is 13.1. The van der Waals surface area contributed by atoms with Crippen molar-refractivity contribution in [3.63, 3.8) is 0 Å². The van der Waals surface area contributed by atoms with Gasteiger partial charge in [-0.2, -0.15) is 0 Å². The fourth-order valence-corrected chi connectivity index (χ4v) is 2.02. The van der Waals surface area contributed by atoms with Gasteiger partial charge in [-0.25, -0.2) is 0 Å². The zero-order chi connectivity index (χ0) is 13.1. The van der Waals surface area contributed by atoms with Gasteiger partial charge in [0.2, 0.25) is 5.78 Å². The summed E-state index contributed by atoms with van der Waals surface area (Å²) < 4.78 is 10.3. The van der Waals surface area contributed by atoms with Gasteiger partial charge >= 0.3 is 0 Å². The maximum absolute atomic E-state index is 12.1. The molecule has 0 N–H and O–H groups in total. The molecule has 0 spiro atoms. The second-order valence-electron chi connectivity index (χ2n) is 3.65. The summed E-state index contributed by atoms with van der Waals surface area (Å²) >= 11 is 11.7. The first-order valence-corrected chi connectivity index (χ1v) is 5.95. The summed E-state index contributed by atoms with van der Waals surface area (Å²) in [6.45, 7) is 0.321. The number of ether oxygens (including phenoxy) is 1. The number of carbonyl (C=O) groups excluding carboxylic acids is 1. The third kappa shape index (κ3) is 2.75. The molecular formula is C13H10Cl2O3. The Morgan fingerprint density at radius 1 is 1.28 bits per heavy atom. The number of benzene rings is 1. The van der Waals surface area contributed by atoms with E-state index in [2.05, 4.69) is 0 Å². The molecule has 2 rings (SSSR count). The zero-order valence-corrected chi connectivity index (χ0v) is 11.1. The van der Waals surface area contributed by atoms with Gasteiger partial charge in [0, 0.05) is 17.7 Å². The van der Waals surface area contributed by atoms with Gasteiger partial charge in [0.25, 0.3) is 0 Å². The summed E-state index contributed by atoms with van der Waals surface area (Å²) in [7, 11) is 1.56. The molecule has 5 heteroatoms. The predicted octanol–water partition coefficient (Wildman–Crippen LogP) is 3.96. The van der Waals surface area contributed by atoms with E-state index in [9.17, 15) is 4.79 Å². The number of methoxy groups -OCH3 is 1. The summed E-state index contributed by atoms with van der Waals surface area (Å²) in [4.78, 5) is 12.1. The molecule has 0 aliphatic carbocycles. The number of hydrogen-bond acceptors (Lipinski definition) is 3. The van der Waals surface area contributed by atoms with Crippen LogP contribution in [0.25, 0.3) is 0 Å². The lowest BCUT2D eigenvalue weighted by atomic mass is 10.1. The maximum atomic E-state index is 12.1. The minimum atomic E-state index is -0.279. The molecule has 3 nitrogen and oxygen atoms in total. The molecule has 2 aromatic rings. The molecule has 0 saturated carbocycles. The Morgan fingerprint density at radius 3 is 2.72 bits per heavy atom. The van der Waals surface area contributed by atoms with Crippen molar-refractivity contribution in [3.8, 4) is 0 Å². The number of rotatable bonds is 4. The summed E-state index contributed by atoms with van der Waals surface area (Å²) in [6, 6.07) is 8.00. The SMILES string of the molecule is COCc1ccc(C(=O)c2ccc(Cl)cc2Cl)o1. The van der Waals surface area contributed by atoms with E-state index in [1.54, 1.807) is 31.4 Å². The predicted molar refractivity (Wildman–Crippen MR) is 69.3 cm³/mol.